The van der Waals surface area contributed by atoms with E-state index in [0.717, 1.165) is 35.1 Å². The molecule has 0 heterocycles. The predicted molar refractivity (Wildman–Crippen MR) is 108 cm³/mol. The number of carboxylic acid groups (broad SMARTS) is 1. The fourth-order valence-corrected chi connectivity index (χ4v) is 4.40. The maximum atomic E-state index is 12.3. The third-order valence-electron chi connectivity index (χ3n) is 6.03. The molecule has 6 heteroatoms. The van der Waals surface area contributed by atoms with Gasteiger partial charge in [-0.2, -0.15) is 0 Å². The monoisotopic (exact) mass is 395 g/mol. The van der Waals surface area contributed by atoms with E-state index in [9.17, 15) is 14.7 Å². The minimum absolute atomic E-state index is 0.0504. The molecule has 2 aromatic carbocycles. The lowest BCUT2D eigenvalue weighted by Gasteiger charge is -2.35. The van der Waals surface area contributed by atoms with Crippen molar-refractivity contribution < 1.29 is 24.2 Å². The van der Waals surface area contributed by atoms with Crippen LogP contribution >= 0.6 is 0 Å². The standard InChI is InChI=1S/C23H25NO5/c1-28-15-10-14(11-15)12-21(22(25)26)24-23(27)29-13-20-18-8-4-2-6-16(18)17-7-3-5-9-19(17)20/h2-9,14-15,20-21H,10-13H2,1H3,(H,24,27)(H,25,26). The Morgan fingerprint density at radius 3 is 2.21 bits per heavy atom. The summed E-state index contributed by atoms with van der Waals surface area (Å²) in [4.78, 5) is 23.9. The number of amides is 1. The van der Waals surface area contributed by atoms with Crippen molar-refractivity contribution in [2.24, 2.45) is 5.92 Å². The van der Waals surface area contributed by atoms with Gasteiger partial charge in [-0.05, 0) is 47.4 Å². The Labute approximate surface area is 169 Å². The van der Waals surface area contributed by atoms with Crippen molar-refractivity contribution >= 4 is 12.1 Å². The van der Waals surface area contributed by atoms with Crippen molar-refractivity contribution in [2.45, 2.75) is 37.3 Å². The number of carbonyl (C=O) groups is 2. The molecule has 4 rings (SSSR count). The minimum atomic E-state index is -1.04. The molecule has 2 aliphatic rings. The lowest BCUT2D eigenvalue weighted by Crippen LogP contribution is -2.45. The van der Waals surface area contributed by atoms with E-state index in [-0.39, 0.29) is 24.5 Å². The number of rotatable bonds is 7. The van der Waals surface area contributed by atoms with Gasteiger partial charge in [0.1, 0.15) is 12.6 Å². The molecule has 152 valence electrons. The summed E-state index contributed by atoms with van der Waals surface area (Å²) in [5.74, 6) is -0.847. The van der Waals surface area contributed by atoms with E-state index < -0.39 is 18.1 Å². The van der Waals surface area contributed by atoms with Crippen LogP contribution in [-0.2, 0) is 14.3 Å². The van der Waals surface area contributed by atoms with E-state index in [1.807, 2.05) is 36.4 Å². The van der Waals surface area contributed by atoms with Crippen LogP contribution in [0.5, 0.6) is 0 Å². The van der Waals surface area contributed by atoms with E-state index in [1.54, 1.807) is 7.11 Å². The van der Waals surface area contributed by atoms with Crippen LogP contribution in [0.3, 0.4) is 0 Å². The highest BCUT2D eigenvalue weighted by atomic mass is 16.5. The number of nitrogens with one attached hydrogen (secondary N) is 1. The average Bonchev–Trinajstić information content (AvgIpc) is 3.01. The topological polar surface area (TPSA) is 84.9 Å². The number of benzene rings is 2. The van der Waals surface area contributed by atoms with Crippen molar-refractivity contribution in [3.8, 4) is 11.1 Å². The summed E-state index contributed by atoms with van der Waals surface area (Å²) in [6.45, 7) is 0.168. The third-order valence-corrected chi connectivity index (χ3v) is 6.03. The second-order valence-corrected chi connectivity index (χ2v) is 7.79. The van der Waals surface area contributed by atoms with Crippen LogP contribution in [0.4, 0.5) is 4.79 Å². The summed E-state index contributed by atoms with van der Waals surface area (Å²) >= 11 is 0. The quantitative estimate of drug-likeness (QED) is 0.745. The van der Waals surface area contributed by atoms with Crippen LogP contribution in [0, 0.1) is 5.92 Å². The highest BCUT2D eigenvalue weighted by molar-refractivity contribution is 5.81. The second kappa shape index (κ2) is 8.25. The van der Waals surface area contributed by atoms with Crippen LogP contribution in [0.15, 0.2) is 48.5 Å². The first-order valence-electron chi connectivity index (χ1n) is 9.94. The number of aliphatic carboxylic acids is 1. The van der Waals surface area contributed by atoms with Crippen molar-refractivity contribution in [1.29, 1.82) is 0 Å². The lowest BCUT2D eigenvalue weighted by atomic mass is 9.78. The van der Waals surface area contributed by atoms with E-state index in [2.05, 4.69) is 17.4 Å². The van der Waals surface area contributed by atoms with Gasteiger partial charge in [0, 0.05) is 13.0 Å². The van der Waals surface area contributed by atoms with Gasteiger partial charge in [0.25, 0.3) is 0 Å². The molecule has 1 fully saturated rings. The molecule has 29 heavy (non-hydrogen) atoms. The molecule has 1 amide bonds. The Bertz CT molecular complexity index is 860. The molecule has 0 radical (unpaired) electrons. The summed E-state index contributed by atoms with van der Waals surface area (Å²) in [6, 6.07) is 15.2. The molecule has 0 saturated heterocycles. The van der Waals surface area contributed by atoms with Crippen LogP contribution in [0.25, 0.3) is 11.1 Å². The van der Waals surface area contributed by atoms with Gasteiger partial charge in [-0.1, -0.05) is 48.5 Å². The SMILES string of the molecule is COC1CC(CC(NC(=O)OCC2c3ccccc3-c3ccccc32)C(=O)O)C1. The molecular weight excluding hydrogens is 370 g/mol. The summed E-state index contributed by atoms with van der Waals surface area (Å²) in [7, 11) is 1.66. The van der Waals surface area contributed by atoms with Gasteiger partial charge in [-0.3, -0.25) is 0 Å². The van der Waals surface area contributed by atoms with Crippen molar-refractivity contribution in [1.82, 2.24) is 5.32 Å². The van der Waals surface area contributed by atoms with E-state index >= 15 is 0 Å². The Morgan fingerprint density at radius 1 is 1.07 bits per heavy atom. The van der Waals surface area contributed by atoms with Crippen molar-refractivity contribution in [3.05, 3.63) is 59.7 Å². The number of hydrogen-bond donors (Lipinski definition) is 2. The van der Waals surface area contributed by atoms with Gasteiger partial charge >= 0.3 is 12.1 Å². The number of carboxylic acids is 1. The van der Waals surface area contributed by atoms with Crippen LogP contribution in [0.2, 0.25) is 0 Å². The molecule has 2 N–H and O–H groups in total. The molecule has 0 aliphatic heterocycles. The molecule has 6 nitrogen and oxygen atoms in total. The number of fused-ring (bicyclic) bond motifs is 3. The smallest absolute Gasteiger partial charge is 0.407 e. The number of ether oxygens (including phenoxy) is 2. The molecule has 0 aromatic heterocycles. The Hall–Kier alpha value is -2.86. The molecule has 0 spiro atoms. The number of alkyl carbamates (subject to hydrolysis) is 1. The molecule has 1 unspecified atom stereocenters. The van der Waals surface area contributed by atoms with E-state index in [4.69, 9.17) is 9.47 Å². The second-order valence-electron chi connectivity index (χ2n) is 7.79. The summed E-state index contributed by atoms with van der Waals surface area (Å²) in [6.07, 6.45) is 1.55. The summed E-state index contributed by atoms with van der Waals surface area (Å²) in [5.41, 5.74) is 4.55. The van der Waals surface area contributed by atoms with Crippen molar-refractivity contribution in [2.75, 3.05) is 13.7 Å². The first-order chi connectivity index (χ1) is 14.1. The highest BCUT2D eigenvalue weighted by Crippen LogP contribution is 2.44. The average molecular weight is 395 g/mol. The normalized spacial score (nSPS) is 20.9. The highest BCUT2D eigenvalue weighted by Gasteiger charge is 2.34. The zero-order valence-corrected chi connectivity index (χ0v) is 16.3. The number of carbonyl (C=O) groups excluding carboxylic acids is 1. The largest absolute Gasteiger partial charge is 0.480 e. The van der Waals surface area contributed by atoms with Gasteiger partial charge in [-0.25, -0.2) is 9.59 Å². The molecular formula is C23H25NO5. The van der Waals surface area contributed by atoms with Gasteiger partial charge in [0.2, 0.25) is 0 Å². The van der Waals surface area contributed by atoms with Crippen molar-refractivity contribution in [3.63, 3.8) is 0 Å². The zero-order valence-electron chi connectivity index (χ0n) is 16.3. The van der Waals surface area contributed by atoms with Gasteiger partial charge in [0.15, 0.2) is 0 Å². The molecule has 2 aromatic rings. The van der Waals surface area contributed by atoms with Gasteiger partial charge in [-0.15, -0.1) is 0 Å². The third kappa shape index (κ3) is 3.98. The van der Waals surface area contributed by atoms with Gasteiger partial charge < -0.3 is 19.9 Å². The number of hydrogen-bond acceptors (Lipinski definition) is 4. The molecule has 1 saturated carbocycles. The lowest BCUT2D eigenvalue weighted by molar-refractivity contribution is -0.140. The molecule has 0 bridgehead atoms. The van der Waals surface area contributed by atoms with Crippen LogP contribution in [-0.4, -0.2) is 43.0 Å². The first kappa shape index (κ1) is 19.5. The maximum Gasteiger partial charge on any atom is 0.407 e. The predicted octanol–water partition coefficient (Wildman–Crippen LogP) is 3.79. The zero-order chi connectivity index (χ0) is 20.4. The molecule has 2 aliphatic carbocycles. The Kier molecular flexibility index (Phi) is 5.53. The minimum Gasteiger partial charge on any atom is -0.480 e. The number of methoxy groups -OCH3 is 1. The van der Waals surface area contributed by atoms with Crippen LogP contribution in [0.1, 0.15) is 36.3 Å². The fourth-order valence-electron chi connectivity index (χ4n) is 4.40. The van der Waals surface area contributed by atoms with E-state index in [0.29, 0.717) is 6.42 Å². The first-order valence-corrected chi connectivity index (χ1v) is 9.94. The van der Waals surface area contributed by atoms with E-state index in [1.165, 1.54) is 0 Å². The Balaban J connectivity index is 1.37. The Morgan fingerprint density at radius 2 is 1.66 bits per heavy atom. The van der Waals surface area contributed by atoms with Crippen LogP contribution < -0.4 is 5.32 Å². The molecule has 1 atom stereocenters. The maximum absolute atomic E-state index is 12.3. The van der Waals surface area contributed by atoms with Gasteiger partial charge in [0.05, 0.1) is 6.10 Å². The summed E-state index contributed by atoms with van der Waals surface area (Å²) < 4.78 is 10.7. The fraction of sp³-hybridized carbons (Fsp3) is 0.391. The summed E-state index contributed by atoms with van der Waals surface area (Å²) in [5, 5.41) is 12.0.